The molecule has 5 aromatic rings. The molecule has 0 atom stereocenters. The van der Waals surface area contributed by atoms with Gasteiger partial charge in [0, 0.05) is 36.4 Å². The van der Waals surface area contributed by atoms with Gasteiger partial charge in [0.1, 0.15) is 11.5 Å². The molecule has 0 saturated carbocycles. The van der Waals surface area contributed by atoms with Crippen LogP contribution in [0.15, 0.2) is 72.9 Å². The molecule has 0 bridgehead atoms. The monoisotopic (exact) mass is 508 g/mol. The zero-order valence-electron chi connectivity index (χ0n) is 19.0. The fraction of sp³-hybridized carbons (Fsp3) is 0.192. The fourth-order valence-corrected chi connectivity index (χ4v) is 4.77. The third-order valence-corrected chi connectivity index (χ3v) is 6.65. The summed E-state index contributed by atoms with van der Waals surface area (Å²) in [7, 11) is 0. The Balaban J connectivity index is 1.41. The molecule has 0 amide bonds. The fourth-order valence-electron chi connectivity index (χ4n) is 4.65. The normalized spacial score (nSPS) is 14.3. The van der Waals surface area contributed by atoms with Crippen LogP contribution in [0.3, 0.4) is 0 Å². The van der Waals surface area contributed by atoms with Crippen molar-refractivity contribution in [2.24, 2.45) is 0 Å². The van der Waals surface area contributed by atoms with Crippen LogP contribution in [-0.2, 0) is 25.8 Å². The minimum atomic E-state index is -4.52. The molecule has 2 aromatic carbocycles. The number of rotatable bonds is 4. The standard InChI is InChI=1S/C26H20ClF3N6/c27-20-9-6-18(7-10-20)24-21(15-34-12-13-35-23(16-34)32-33-25(35)26(28,29)30)36-14-19(8-11-22(36)31-24)17-4-2-1-3-5-17/h1-11,14H,12-13,15-16H2. The van der Waals surface area contributed by atoms with E-state index in [1.54, 1.807) is 0 Å². The van der Waals surface area contributed by atoms with E-state index in [2.05, 4.69) is 25.7 Å². The highest BCUT2D eigenvalue weighted by atomic mass is 35.5. The molecule has 182 valence electrons. The van der Waals surface area contributed by atoms with Crippen LogP contribution in [0.25, 0.3) is 28.0 Å². The molecule has 6 nitrogen and oxygen atoms in total. The van der Waals surface area contributed by atoms with Crippen LogP contribution in [0.5, 0.6) is 0 Å². The van der Waals surface area contributed by atoms with Crippen molar-refractivity contribution in [3.63, 3.8) is 0 Å². The van der Waals surface area contributed by atoms with Crippen LogP contribution < -0.4 is 0 Å². The van der Waals surface area contributed by atoms with Crippen LogP contribution in [-0.4, -0.2) is 35.6 Å². The SMILES string of the molecule is FC(F)(F)c1nnc2n1CCN(Cc1c(-c3ccc(Cl)cc3)nc3ccc(-c4ccccc4)cn13)C2. The predicted octanol–water partition coefficient (Wildman–Crippen LogP) is 5.95. The van der Waals surface area contributed by atoms with Crippen LogP contribution in [0.1, 0.15) is 17.3 Å². The molecule has 3 aromatic heterocycles. The molecule has 1 aliphatic rings. The first-order valence-corrected chi connectivity index (χ1v) is 11.8. The summed E-state index contributed by atoms with van der Waals surface area (Å²) in [6.45, 7) is 1.33. The molecule has 6 rings (SSSR count). The van der Waals surface area contributed by atoms with Crippen molar-refractivity contribution < 1.29 is 13.2 Å². The van der Waals surface area contributed by atoms with Crippen LogP contribution >= 0.6 is 11.6 Å². The van der Waals surface area contributed by atoms with E-state index >= 15 is 0 Å². The van der Waals surface area contributed by atoms with E-state index in [1.807, 2.05) is 66.7 Å². The number of aromatic nitrogens is 5. The first kappa shape index (κ1) is 22.8. The largest absolute Gasteiger partial charge is 0.451 e. The lowest BCUT2D eigenvalue weighted by Gasteiger charge is -2.28. The van der Waals surface area contributed by atoms with Crippen molar-refractivity contribution in [1.29, 1.82) is 0 Å². The maximum Gasteiger partial charge on any atom is 0.451 e. The van der Waals surface area contributed by atoms with Gasteiger partial charge in [-0.15, -0.1) is 10.2 Å². The Kier molecular flexibility index (Phi) is 5.54. The van der Waals surface area contributed by atoms with E-state index in [-0.39, 0.29) is 13.1 Å². The molecule has 0 saturated heterocycles. The highest BCUT2D eigenvalue weighted by Gasteiger charge is 2.39. The summed E-state index contributed by atoms with van der Waals surface area (Å²) in [6.07, 6.45) is -2.47. The summed E-state index contributed by atoms with van der Waals surface area (Å²) in [5.41, 5.74) is 5.57. The first-order chi connectivity index (χ1) is 17.4. The lowest BCUT2D eigenvalue weighted by molar-refractivity contribution is -0.148. The zero-order valence-corrected chi connectivity index (χ0v) is 19.7. The smallest absolute Gasteiger partial charge is 0.305 e. The molecule has 0 aliphatic carbocycles. The number of nitrogens with zero attached hydrogens (tertiary/aromatic N) is 6. The Morgan fingerprint density at radius 2 is 1.58 bits per heavy atom. The van der Waals surface area contributed by atoms with Gasteiger partial charge in [0.25, 0.3) is 0 Å². The number of benzene rings is 2. The van der Waals surface area contributed by atoms with Crippen molar-refractivity contribution in [2.75, 3.05) is 6.54 Å². The number of imidazole rings is 1. The van der Waals surface area contributed by atoms with Crippen LogP contribution in [0.2, 0.25) is 5.02 Å². The molecule has 0 spiro atoms. The molecule has 36 heavy (non-hydrogen) atoms. The summed E-state index contributed by atoms with van der Waals surface area (Å²) < 4.78 is 43.1. The van der Waals surface area contributed by atoms with Gasteiger partial charge in [-0.05, 0) is 35.4 Å². The summed E-state index contributed by atoms with van der Waals surface area (Å²) in [5, 5.41) is 7.85. The van der Waals surface area contributed by atoms with Gasteiger partial charge >= 0.3 is 6.18 Å². The van der Waals surface area contributed by atoms with E-state index in [0.717, 1.165) is 33.7 Å². The molecule has 0 unspecified atom stereocenters. The second kappa shape index (κ2) is 8.76. The predicted molar refractivity (Wildman–Crippen MR) is 130 cm³/mol. The molecular formula is C26H20ClF3N6. The number of fused-ring (bicyclic) bond motifs is 2. The molecule has 4 heterocycles. The highest BCUT2D eigenvalue weighted by molar-refractivity contribution is 6.30. The average molecular weight is 509 g/mol. The Bertz CT molecular complexity index is 1540. The zero-order chi connectivity index (χ0) is 24.9. The van der Waals surface area contributed by atoms with E-state index in [1.165, 1.54) is 4.57 Å². The van der Waals surface area contributed by atoms with Gasteiger partial charge in [-0.25, -0.2) is 4.98 Å². The topological polar surface area (TPSA) is 51.2 Å². The van der Waals surface area contributed by atoms with Crippen LogP contribution in [0.4, 0.5) is 13.2 Å². The second-order valence-electron chi connectivity index (χ2n) is 8.73. The molecule has 1 aliphatic heterocycles. The average Bonchev–Trinajstić information content (AvgIpc) is 3.46. The minimum absolute atomic E-state index is 0.166. The Morgan fingerprint density at radius 1 is 0.833 bits per heavy atom. The molecule has 0 fully saturated rings. The molecule has 0 radical (unpaired) electrons. The van der Waals surface area contributed by atoms with Gasteiger partial charge in [-0.2, -0.15) is 13.2 Å². The summed E-state index contributed by atoms with van der Waals surface area (Å²) in [4.78, 5) is 6.98. The van der Waals surface area contributed by atoms with E-state index < -0.39 is 12.0 Å². The summed E-state index contributed by atoms with van der Waals surface area (Å²) >= 11 is 6.11. The lowest BCUT2D eigenvalue weighted by Crippen LogP contribution is -2.35. The summed E-state index contributed by atoms with van der Waals surface area (Å²) in [6, 6.07) is 21.6. The van der Waals surface area contributed by atoms with E-state index in [9.17, 15) is 13.2 Å². The van der Waals surface area contributed by atoms with Gasteiger partial charge in [0.15, 0.2) is 0 Å². The first-order valence-electron chi connectivity index (χ1n) is 11.4. The van der Waals surface area contributed by atoms with Crippen molar-refractivity contribution in [1.82, 2.24) is 29.0 Å². The van der Waals surface area contributed by atoms with Crippen molar-refractivity contribution in [3.8, 4) is 22.4 Å². The van der Waals surface area contributed by atoms with E-state index in [4.69, 9.17) is 16.6 Å². The van der Waals surface area contributed by atoms with Crippen molar-refractivity contribution >= 4 is 17.2 Å². The second-order valence-corrected chi connectivity index (χ2v) is 9.16. The highest BCUT2D eigenvalue weighted by Crippen LogP contribution is 2.32. The summed E-state index contributed by atoms with van der Waals surface area (Å²) in [5.74, 6) is -0.637. The maximum absolute atomic E-state index is 13.3. The van der Waals surface area contributed by atoms with Crippen LogP contribution in [0, 0.1) is 0 Å². The molecule has 0 N–H and O–H groups in total. The van der Waals surface area contributed by atoms with Gasteiger partial charge in [0.05, 0.1) is 17.9 Å². The minimum Gasteiger partial charge on any atom is -0.305 e. The van der Waals surface area contributed by atoms with Gasteiger partial charge < -0.3 is 8.97 Å². The van der Waals surface area contributed by atoms with Crippen molar-refractivity contribution in [3.05, 3.63) is 95.3 Å². The lowest BCUT2D eigenvalue weighted by atomic mass is 10.1. The quantitative estimate of drug-likeness (QED) is 0.301. The molecular weight excluding hydrogens is 489 g/mol. The number of halogens is 4. The Labute approximate surface area is 209 Å². The molecule has 10 heteroatoms. The van der Waals surface area contributed by atoms with Gasteiger partial charge in [0.2, 0.25) is 5.82 Å². The number of pyridine rings is 1. The van der Waals surface area contributed by atoms with Gasteiger partial charge in [-0.3, -0.25) is 4.90 Å². The van der Waals surface area contributed by atoms with Gasteiger partial charge in [-0.1, -0.05) is 54.1 Å². The van der Waals surface area contributed by atoms with E-state index in [0.29, 0.717) is 23.9 Å². The van der Waals surface area contributed by atoms with Crippen molar-refractivity contribution in [2.45, 2.75) is 25.8 Å². The Morgan fingerprint density at radius 3 is 2.33 bits per heavy atom. The third kappa shape index (κ3) is 4.14. The number of alkyl halides is 3. The number of hydrogen-bond acceptors (Lipinski definition) is 4. The number of hydrogen-bond donors (Lipinski definition) is 0. The maximum atomic E-state index is 13.3. The Hall–Kier alpha value is -3.69. The third-order valence-electron chi connectivity index (χ3n) is 6.40.